The van der Waals surface area contributed by atoms with Crippen LogP contribution in [0.2, 0.25) is 0 Å². The maximum Gasteiger partial charge on any atom is 0.333 e. The second kappa shape index (κ2) is 5.31. The van der Waals surface area contributed by atoms with E-state index >= 15 is 0 Å². The van der Waals surface area contributed by atoms with E-state index in [9.17, 15) is 14.7 Å². The van der Waals surface area contributed by atoms with E-state index in [1.807, 2.05) is 30.3 Å². The van der Waals surface area contributed by atoms with Gasteiger partial charge < -0.3 is 14.6 Å². The second-order valence-electron chi connectivity index (χ2n) is 4.61. The van der Waals surface area contributed by atoms with Crippen LogP contribution in [0.15, 0.2) is 42.0 Å². The third kappa shape index (κ3) is 2.68. The van der Waals surface area contributed by atoms with Crippen molar-refractivity contribution in [3.05, 3.63) is 46.9 Å². The quantitative estimate of drug-likeness (QED) is 0.881. The Hall–Kier alpha value is -2.18. The average Bonchev–Trinajstić information content (AvgIpc) is 2.98. The molecule has 2 heterocycles. The van der Waals surface area contributed by atoms with Crippen LogP contribution in [0.1, 0.15) is 17.9 Å². The smallest absolute Gasteiger partial charge is 0.333 e. The van der Waals surface area contributed by atoms with Crippen molar-refractivity contribution in [1.82, 2.24) is 0 Å². The molecule has 0 spiro atoms. The van der Waals surface area contributed by atoms with Crippen molar-refractivity contribution in [2.45, 2.75) is 19.3 Å². The average molecular weight is 304 g/mol. The Kier molecular flexibility index (Phi) is 3.48. The lowest BCUT2D eigenvalue weighted by atomic mass is 10.1. The van der Waals surface area contributed by atoms with Crippen LogP contribution in [-0.4, -0.2) is 23.3 Å². The molecular weight excluding hydrogens is 292 g/mol. The van der Waals surface area contributed by atoms with Gasteiger partial charge in [-0.1, -0.05) is 18.2 Å². The van der Waals surface area contributed by atoms with Crippen LogP contribution < -0.4 is 0 Å². The Morgan fingerprint density at radius 2 is 2.19 bits per heavy atom. The van der Waals surface area contributed by atoms with Crippen LogP contribution in [0.3, 0.4) is 0 Å². The number of cyclic esters (lactones) is 1. The van der Waals surface area contributed by atoms with E-state index < -0.39 is 24.3 Å². The molecule has 3 rings (SSSR count). The van der Waals surface area contributed by atoms with Gasteiger partial charge in [-0.25, -0.2) is 4.79 Å². The summed E-state index contributed by atoms with van der Waals surface area (Å²) in [6.45, 7) is 1.28. The summed E-state index contributed by atoms with van der Waals surface area (Å²) in [5.41, 5.74) is 0.238. The van der Waals surface area contributed by atoms with Crippen molar-refractivity contribution in [2.24, 2.45) is 0 Å². The SMILES string of the molecule is CC(=O)OC(C1=CC(=O)OC1O)c1cc2ccccc2s1. The van der Waals surface area contributed by atoms with Crippen molar-refractivity contribution in [3.8, 4) is 0 Å². The number of rotatable bonds is 3. The standard InChI is InChI=1S/C15H12O5S/c1-8(16)19-14(10-7-13(17)20-15(10)18)12-6-9-4-2-3-5-11(9)21-12/h2-7,14-15,18H,1H3. The lowest BCUT2D eigenvalue weighted by molar-refractivity contribution is -0.153. The zero-order chi connectivity index (χ0) is 15.0. The van der Waals surface area contributed by atoms with Crippen molar-refractivity contribution in [2.75, 3.05) is 0 Å². The van der Waals surface area contributed by atoms with Crippen molar-refractivity contribution in [1.29, 1.82) is 0 Å². The van der Waals surface area contributed by atoms with E-state index in [0.29, 0.717) is 0 Å². The highest BCUT2D eigenvalue weighted by Gasteiger charge is 2.34. The lowest BCUT2D eigenvalue weighted by Gasteiger charge is -2.18. The molecule has 1 aliphatic heterocycles. The third-order valence-electron chi connectivity index (χ3n) is 3.09. The topological polar surface area (TPSA) is 72.8 Å². The number of carbonyl (C=O) groups is 2. The maximum atomic E-state index is 11.3. The minimum absolute atomic E-state index is 0.238. The minimum atomic E-state index is -1.38. The van der Waals surface area contributed by atoms with Gasteiger partial charge in [-0.3, -0.25) is 4.79 Å². The first-order chi connectivity index (χ1) is 10.0. The fourth-order valence-electron chi connectivity index (χ4n) is 2.21. The summed E-state index contributed by atoms with van der Waals surface area (Å²) in [6.07, 6.45) is -1.03. The van der Waals surface area contributed by atoms with Gasteiger partial charge in [-0.05, 0) is 17.5 Å². The van der Waals surface area contributed by atoms with E-state index in [2.05, 4.69) is 4.74 Å². The molecule has 2 aromatic rings. The highest BCUT2D eigenvalue weighted by molar-refractivity contribution is 7.19. The van der Waals surface area contributed by atoms with Crippen molar-refractivity contribution in [3.63, 3.8) is 0 Å². The van der Waals surface area contributed by atoms with Gasteiger partial charge in [0.15, 0.2) is 6.10 Å². The molecule has 0 saturated heterocycles. The molecule has 0 bridgehead atoms. The molecule has 2 atom stereocenters. The number of benzene rings is 1. The van der Waals surface area contributed by atoms with E-state index in [1.54, 1.807) is 0 Å². The highest BCUT2D eigenvalue weighted by atomic mass is 32.1. The second-order valence-corrected chi connectivity index (χ2v) is 5.73. The first kappa shape index (κ1) is 13.8. The maximum absolute atomic E-state index is 11.3. The number of aliphatic hydroxyl groups excluding tert-OH is 1. The Morgan fingerprint density at radius 1 is 1.43 bits per heavy atom. The van der Waals surface area contributed by atoms with Crippen LogP contribution in [0.4, 0.5) is 0 Å². The van der Waals surface area contributed by atoms with Gasteiger partial charge in [0.1, 0.15) is 0 Å². The molecule has 2 unspecified atom stereocenters. The molecule has 0 amide bonds. The summed E-state index contributed by atoms with van der Waals surface area (Å²) in [4.78, 5) is 23.3. The number of hydrogen-bond donors (Lipinski definition) is 1. The Labute approximate surface area is 124 Å². The fourth-order valence-corrected chi connectivity index (χ4v) is 3.34. The molecule has 0 aliphatic carbocycles. The number of thiophene rings is 1. The fraction of sp³-hybridized carbons (Fsp3) is 0.200. The predicted octanol–water partition coefficient (Wildman–Crippen LogP) is 2.31. The molecule has 0 radical (unpaired) electrons. The van der Waals surface area contributed by atoms with Gasteiger partial charge in [-0.15, -0.1) is 11.3 Å². The monoisotopic (exact) mass is 304 g/mol. The highest BCUT2D eigenvalue weighted by Crippen LogP contribution is 2.38. The Bertz CT molecular complexity index is 712. The molecule has 0 saturated carbocycles. The summed E-state index contributed by atoms with van der Waals surface area (Å²) in [5.74, 6) is -1.14. The summed E-state index contributed by atoms with van der Waals surface area (Å²) in [7, 11) is 0. The zero-order valence-corrected chi connectivity index (χ0v) is 11.9. The zero-order valence-electron chi connectivity index (χ0n) is 11.1. The molecule has 5 nitrogen and oxygen atoms in total. The molecule has 21 heavy (non-hydrogen) atoms. The molecule has 6 heteroatoms. The molecular formula is C15H12O5S. The van der Waals surface area contributed by atoms with Gasteiger partial charge in [0.05, 0.1) is 10.5 Å². The number of fused-ring (bicyclic) bond motifs is 1. The van der Waals surface area contributed by atoms with Gasteiger partial charge in [-0.2, -0.15) is 0 Å². The summed E-state index contributed by atoms with van der Waals surface area (Å²) >= 11 is 1.44. The van der Waals surface area contributed by atoms with Crippen molar-refractivity contribution >= 4 is 33.4 Å². The van der Waals surface area contributed by atoms with Gasteiger partial charge in [0.2, 0.25) is 6.29 Å². The van der Waals surface area contributed by atoms with Gasteiger partial charge >= 0.3 is 11.9 Å². The van der Waals surface area contributed by atoms with E-state index in [-0.39, 0.29) is 5.57 Å². The molecule has 1 N–H and O–H groups in total. The molecule has 1 aliphatic rings. The number of aliphatic hydroxyl groups is 1. The van der Waals surface area contributed by atoms with Crippen LogP contribution in [0.25, 0.3) is 10.1 Å². The first-order valence-electron chi connectivity index (χ1n) is 6.30. The van der Waals surface area contributed by atoms with Crippen LogP contribution in [0.5, 0.6) is 0 Å². The number of esters is 2. The Morgan fingerprint density at radius 3 is 2.81 bits per heavy atom. The summed E-state index contributed by atoms with van der Waals surface area (Å²) in [6, 6.07) is 9.61. The number of hydrogen-bond acceptors (Lipinski definition) is 6. The van der Waals surface area contributed by atoms with E-state index in [1.165, 1.54) is 24.3 Å². The molecule has 1 aromatic heterocycles. The third-order valence-corrected chi connectivity index (χ3v) is 4.25. The van der Waals surface area contributed by atoms with Gasteiger partial charge in [0, 0.05) is 17.7 Å². The van der Waals surface area contributed by atoms with E-state index in [0.717, 1.165) is 15.0 Å². The first-order valence-corrected chi connectivity index (χ1v) is 7.12. The summed E-state index contributed by atoms with van der Waals surface area (Å²) in [5, 5.41) is 10.8. The number of carbonyl (C=O) groups excluding carboxylic acids is 2. The van der Waals surface area contributed by atoms with Gasteiger partial charge in [0.25, 0.3) is 0 Å². The largest absolute Gasteiger partial charge is 0.452 e. The number of ether oxygens (including phenoxy) is 2. The van der Waals surface area contributed by atoms with Crippen LogP contribution >= 0.6 is 11.3 Å². The van der Waals surface area contributed by atoms with Crippen LogP contribution in [-0.2, 0) is 19.1 Å². The van der Waals surface area contributed by atoms with E-state index in [4.69, 9.17) is 4.74 Å². The normalized spacial score (nSPS) is 19.2. The van der Waals surface area contributed by atoms with Crippen LogP contribution in [0, 0.1) is 0 Å². The molecule has 1 aromatic carbocycles. The minimum Gasteiger partial charge on any atom is -0.452 e. The Balaban J connectivity index is 2.04. The predicted molar refractivity (Wildman–Crippen MR) is 76.5 cm³/mol. The molecule has 0 fully saturated rings. The van der Waals surface area contributed by atoms with Crippen molar-refractivity contribution < 1.29 is 24.2 Å². The molecule has 108 valence electrons. The summed E-state index contributed by atoms with van der Waals surface area (Å²) < 4.78 is 11.0. The lowest BCUT2D eigenvalue weighted by Crippen LogP contribution is -2.18.